The molecule has 1 saturated carbocycles. The van der Waals surface area contributed by atoms with Crippen LogP contribution in [0.1, 0.15) is 25.7 Å². The fraction of sp³-hybridized carbons (Fsp3) is 0.588. The number of hydrogen-bond acceptors (Lipinski definition) is 4. The van der Waals surface area contributed by atoms with E-state index in [9.17, 15) is 4.79 Å². The second-order valence-electron chi connectivity index (χ2n) is 5.59. The van der Waals surface area contributed by atoms with Gasteiger partial charge in [-0.25, -0.2) is 0 Å². The topological polar surface area (TPSA) is 38.3 Å². The van der Waals surface area contributed by atoms with Crippen molar-refractivity contribution in [3.8, 4) is 0 Å². The molecule has 0 heterocycles. The summed E-state index contributed by atoms with van der Waals surface area (Å²) in [6, 6.07) is 8.05. The summed E-state index contributed by atoms with van der Waals surface area (Å²) in [6.45, 7) is 1.15. The molecule has 1 amide bonds. The van der Waals surface area contributed by atoms with Crippen molar-refractivity contribution in [2.45, 2.75) is 41.1 Å². The van der Waals surface area contributed by atoms with E-state index in [-0.39, 0.29) is 5.91 Å². The molecule has 3 nitrogen and oxygen atoms in total. The summed E-state index contributed by atoms with van der Waals surface area (Å²) in [4.78, 5) is 13.1. The standard InChI is InChI=1S/C17H24ClNO2S2/c1-21-10-9-19-17(20)12-22-15-7-2-3-8-16(15)23-14-6-4-5-13(18)11-14/h4-6,11,15-16H,2-3,7-10,12H2,1H3,(H,19,20). The molecule has 23 heavy (non-hydrogen) atoms. The molecule has 2 rings (SSSR count). The summed E-state index contributed by atoms with van der Waals surface area (Å²) >= 11 is 9.77. The predicted octanol–water partition coefficient (Wildman–Crippen LogP) is 4.24. The monoisotopic (exact) mass is 373 g/mol. The van der Waals surface area contributed by atoms with Crippen molar-refractivity contribution >= 4 is 41.0 Å². The maximum atomic E-state index is 11.9. The zero-order valence-electron chi connectivity index (χ0n) is 13.4. The average Bonchev–Trinajstić information content (AvgIpc) is 2.54. The van der Waals surface area contributed by atoms with Crippen LogP contribution in [0.2, 0.25) is 5.02 Å². The maximum Gasteiger partial charge on any atom is 0.230 e. The molecule has 1 aliphatic rings. The molecule has 0 saturated heterocycles. The van der Waals surface area contributed by atoms with Crippen molar-refractivity contribution in [1.29, 1.82) is 0 Å². The second-order valence-corrected chi connectivity index (χ2v) is 8.57. The van der Waals surface area contributed by atoms with Crippen molar-refractivity contribution in [2.75, 3.05) is 26.0 Å². The Kier molecular flexibility index (Phi) is 8.66. The molecule has 2 atom stereocenters. The fourth-order valence-corrected chi connectivity index (χ4v) is 5.71. The van der Waals surface area contributed by atoms with Crippen LogP contribution in [0.25, 0.3) is 0 Å². The van der Waals surface area contributed by atoms with Crippen LogP contribution < -0.4 is 5.32 Å². The zero-order valence-corrected chi connectivity index (χ0v) is 15.8. The third-order valence-corrected chi connectivity index (χ3v) is 7.00. The highest BCUT2D eigenvalue weighted by molar-refractivity contribution is 8.04. The number of amides is 1. The van der Waals surface area contributed by atoms with Crippen LogP contribution in [0.15, 0.2) is 29.2 Å². The summed E-state index contributed by atoms with van der Waals surface area (Å²) < 4.78 is 4.94. The Hall–Kier alpha value is -0.360. The number of hydrogen-bond donors (Lipinski definition) is 1. The van der Waals surface area contributed by atoms with Crippen molar-refractivity contribution in [1.82, 2.24) is 5.32 Å². The Bertz CT molecular complexity index is 501. The third-order valence-electron chi connectivity index (χ3n) is 3.78. The number of nitrogens with one attached hydrogen (secondary N) is 1. The van der Waals surface area contributed by atoms with E-state index in [1.165, 1.54) is 30.6 Å². The third kappa shape index (κ3) is 6.96. The van der Waals surface area contributed by atoms with Crippen LogP contribution >= 0.6 is 35.1 Å². The molecular weight excluding hydrogens is 350 g/mol. The molecule has 128 valence electrons. The fourth-order valence-electron chi connectivity index (χ4n) is 2.63. The maximum absolute atomic E-state index is 11.9. The number of carbonyl (C=O) groups is 1. The van der Waals surface area contributed by atoms with Gasteiger partial charge in [0.25, 0.3) is 0 Å². The highest BCUT2D eigenvalue weighted by atomic mass is 35.5. The predicted molar refractivity (Wildman–Crippen MR) is 101 cm³/mol. The first-order chi connectivity index (χ1) is 11.2. The Morgan fingerprint density at radius 3 is 2.87 bits per heavy atom. The van der Waals surface area contributed by atoms with E-state index >= 15 is 0 Å². The lowest BCUT2D eigenvalue weighted by Gasteiger charge is -2.30. The lowest BCUT2D eigenvalue weighted by Crippen LogP contribution is -2.31. The van der Waals surface area contributed by atoms with Crippen molar-refractivity contribution in [2.24, 2.45) is 0 Å². The molecule has 0 aromatic heterocycles. The van der Waals surface area contributed by atoms with Crippen LogP contribution in [-0.4, -0.2) is 42.4 Å². The molecule has 1 aliphatic carbocycles. The molecule has 2 unspecified atom stereocenters. The minimum Gasteiger partial charge on any atom is -0.383 e. The number of rotatable bonds is 8. The van der Waals surface area contributed by atoms with Gasteiger partial charge in [0.2, 0.25) is 5.91 Å². The van der Waals surface area contributed by atoms with Gasteiger partial charge >= 0.3 is 0 Å². The minimum atomic E-state index is 0.101. The van der Waals surface area contributed by atoms with Crippen molar-refractivity contribution in [3.63, 3.8) is 0 Å². The molecule has 1 N–H and O–H groups in total. The summed E-state index contributed by atoms with van der Waals surface area (Å²) in [6.07, 6.45) is 4.93. The number of carbonyl (C=O) groups excluding carboxylic acids is 1. The van der Waals surface area contributed by atoms with Crippen LogP contribution in [-0.2, 0) is 9.53 Å². The molecule has 0 aliphatic heterocycles. The Balaban J connectivity index is 1.82. The van der Waals surface area contributed by atoms with Gasteiger partial charge in [0.05, 0.1) is 12.4 Å². The van der Waals surface area contributed by atoms with Gasteiger partial charge in [-0.1, -0.05) is 30.5 Å². The molecule has 0 spiro atoms. The largest absolute Gasteiger partial charge is 0.383 e. The van der Waals surface area contributed by atoms with Crippen LogP contribution in [0.4, 0.5) is 0 Å². The van der Waals surface area contributed by atoms with Gasteiger partial charge in [-0.3, -0.25) is 4.79 Å². The first kappa shape index (κ1) is 19.0. The molecule has 1 aromatic rings. The quantitative estimate of drug-likeness (QED) is 0.692. The van der Waals surface area contributed by atoms with Gasteiger partial charge < -0.3 is 10.1 Å². The van der Waals surface area contributed by atoms with Gasteiger partial charge in [-0.05, 0) is 31.0 Å². The number of ether oxygens (including phenoxy) is 1. The average molecular weight is 374 g/mol. The van der Waals surface area contributed by atoms with E-state index in [0.29, 0.717) is 29.4 Å². The van der Waals surface area contributed by atoms with Crippen LogP contribution in [0.3, 0.4) is 0 Å². The van der Waals surface area contributed by atoms with Gasteiger partial charge in [0.1, 0.15) is 0 Å². The Morgan fingerprint density at radius 1 is 1.35 bits per heavy atom. The smallest absolute Gasteiger partial charge is 0.230 e. The van der Waals surface area contributed by atoms with Gasteiger partial charge in [0.15, 0.2) is 0 Å². The van der Waals surface area contributed by atoms with Crippen molar-refractivity contribution in [3.05, 3.63) is 29.3 Å². The lowest BCUT2D eigenvalue weighted by atomic mass is 10.00. The van der Waals surface area contributed by atoms with Gasteiger partial charge in [0, 0.05) is 34.1 Å². The van der Waals surface area contributed by atoms with E-state index in [4.69, 9.17) is 16.3 Å². The molecular formula is C17H24ClNO2S2. The van der Waals surface area contributed by atoms with E-state index in [2.05, 4.69) is 11.4 Å². The Morgan fingerprint density at radius 2 is 2.13 bits per heavy atom. The van der Waals surface area contributed by atoms with E-state index in [1.54, 1.807) is 18.9 Å². The summed E-state index contributed by atoms with van der Waals surface area (Å²) in [5.74, 6) is 0.630. The first-order valence-electron chi connectivity index (χ1n) is 7.98. The Labute approximate surface area is 152 Å². The summed E-state index contributed by atoms with van der Waals surface area (Å²) in [5.41, 5.74) is 0. The second kappa shape index (κ2) is 10.5. The molecule has 0 radical (unpaired) electrons. The van der Waals surface area contributed by atoms with E-state index < -0.39 is 0 Å². The highest BCUT2D eigenvalue weighted by Crippen LogP contribution is 2.39. The number of halogens is 1. The molecule has 1 aromatic carbocycles. The van der Waals surface area contributed by atoms with Crippen molar-refractivity contribution < 1.29 is 9.53 Å². The minimum absolute atomic E-state index is 0.101. The molecule has 0 bridgehead atoms. The number of methoxy groups -OCH3 is 1. The number of thioether (sulfide) groups is 2. The van der Waals surface area contributed by atoms with Gasteiger partial charge in [-0.15, -0.1) is 23.5 Å². The summed E-state index contributed by atoms with van der Waals surface area (Å²) in [5, 5.41) is 4.75. The van der Waals surface area contributed by atoms with E-state index in [1.807, 2.05) is 30.0 Å². The normalized spacial score (nSPS) is 21.1. The zero-order chi connectivity index (χ0) is 16.5. The summed E-state index contributed by atoms with van der Waals surface area (Å²) in [7, 11) is 1.64. The van der Waals surface area contributed by atoms with Gasteiger partial charge in [-0.2, -0.15) is 0 Å². The molecule has 1 fully saturated rings. The SMILES string of the molecule is COCCNC(=O)CSC1CCCCC1Sc1cccc(Cl)c1. The molecule has 6 heteroatoms. The van der Waals surface area contributed by atoms with Crippen LogP contribution in [0, 0.1) is 0 Å². The number of benzene rings is 1. The van der Waals surface area contributed by atoms with Crippen LogP contribution in [0.5, 0.6) is 0 Å². The first-order valence-corrected chi connectivity index (χ1v) is 10.3. The lowest BCUT2D eigenvalue weighted by molar-refractivity contribution is -0.118. The van der Waals surface area contributed by atoms with E-state index in [0.717, 1.165) is 5.02 Å². The highest BCUT2D eigenvalue weighted by Gasteiger charge is 2.27.